The highest BCUT2D eigenvalue weighted by Crippen LogP contribution is 2.35. The quantitative estimate of drug-likeness (QED) is 0.368. The SMILES string of the molecule is Cc1noc(-c2ncn3c2Cc2c(Cc4cccc(F)c4)nnn2-c2cc(OC(F)F)ccc2-3)n1. The fourth-order valence-electron chi connectivity index (χ4n) is 4.21. The number of alkyl halides is 2. The summed E-state index contributed by atoms with van der Waals surface area (Å²) in [6.07, 6.45) is 2.23. The molecule has 0 aliphatic carbocycles. The van der Waals surface area contributed by atoms with Gasteiger partial charge in [-0.05, 0) is 36.8 Å². The van der Waals surface area contributed by atoms with E-state index in [1.807, 2.05) is 4.57 Å². The van der Waals surface area contributed by atoms with Crippen LogP contribution in [-0.4, -0.2) is 41.3 Å². The minimum Gasteiger partial charge on any atom is -0.435 e. The molecule has 12 heteroatoms. The van der Waals surface area contributed by atoms with E-state index in [9.17, 15) is 13.2 Å². The Bertz CT molecular complexity index is 1560. The van der Waals surface area contributed by atoms with Crippen LogP contribution in [-0.2, 0) is 12.8 Å². The van der Waals surface area contributed by atoms with E-state index in [0.29, 0.717) is 52.7 Å². The second-order valence-electron chi connectivity index (χ2n) is 7.96. The predicted molar refractivity (Wildman–Crippen MR) is 115 cm³/mol. The van der Waals surface area contributed by atoms with Gasteiger partial charge >= 0.3 is 6.61 Å². The van der Waals surface area contributed by atoms with Gasteiger partial charge in [-0.1, -0.05) is 22.5 Å². The Labute approximate surface area is 195 Å². The first-order chi connectivity index (χ1) is 17.0. The van der Waals surface area contributed by atoms with Crippen molar-refractivity contribution in [3.63, 3.8) is 0 Å². The number of hydrogen-bond donors (Lipinski definition) is 0. The Hall–Kier alpha value is -4.48. The lowest BCUT2D eigenvalue weighted by molar-refractivity contribution is -0.0498. The molecule has 2 aromatic carbocycles. The molecule has 0 atom stereocenters. The molecular formula is C23H16F3N7O2. The standard InChI is InChI=1S/C23H16F3N7O2/c1-12-28-22(35-30-12)21-20-10-18-16(8-13-3-2-4-14(24)7-13)29-31-33(18)19-9-15(34-23(25)26)5-6-17(19)32(20)11-27-21/h2-7,9,11,23H,8,10H2,1H3. The highest BCUT2D eigenvalue weighted by Gasteiger charge is 2.29. The van der Waals surface area contributed by atoms with Gasteiger partial charge in [-0.15, -0.1) is 5.10 Å². The first-order valence-electron chi connectivity index (χ1n) is 10.6. The van der Waals surface area contributed by atoms with Gasteiger partial charge in [0, 0.05) is 18.9 Å². The van der Waals surface area contributed by atoms with Crippen LogP contribution in [0.1, 0.15) is 28.5 Å². The second-order valence-corrected chi connectivity index (χ2v) is 7.96. The van der Waals surface area contributed by atoms with E-state index >= 15 is 0 Å². The average Bonchev–Trinajstić information content (AvgIpc) is 3.51. The molecule has 35 heavy (non-hydrogen) atoms. The minimum absolute atomic E-state index is 0.0248. The number of aromatic nitrogens is 7. The van der Waals surface area contributed by atoms with Crippen LogP contribution in [0.4, 0.5) is 13.2 Å². The Morgan fingerprint density at radius 1 is 1.11 bits per heavy atom. The third-order valence-electron chi connectivity index (χ3n) is 5.70. The molecule has 0 N–H and O–H groups in total. The van der Waals surface area contributed by atoms with Crippen molar-refractivity contribution in [2.75, 3.05) is 0 Å². The van der Waals surface area contributed by atoms with Gasteiger partial charge in [-0.3, -0.25) is 4.57 Å². The number of rotatable bonds is 5. The molecule has 0 unspecified atom stereocenters. The molecule has 0 fully saturated rings. The topological polar surface area (TPSA) is 96.7 Å². The van der Waals surface area contributed by atoms with Crippen LogP contribution in [0, 0.1) is 12.7 Å². The van der Waals surface area contributed by atoms with Crippen molar-refractivity contribution in [1.82, 2.24) is 34.7 Å². The third-order valence-corrected chi connectivity index (χ3v) is 5.70. The van der Waals surface area contributed by atoms with E-state index in [0.717, 1.165) is 5.69 Å². The Morgan fingerprint density at radius 2 is 2.00 bits per heavy atom. The zero-order valence-corrected chi connectivity index (χ0v) is 18.2. The van der Waals surface area contributed by atoms with Gasteiger partial charge in [-0.25, -0.2) is 14.1 Å². The average molecular weight is 479 g/mol. The van der Waals surface area contributed by atoms with Crippen molar-refractivity contribution in [2.24, 2.45) is 0 Å². The van der Waals surface area contributed by atoms with Crippen LogP contribution in [0.25, 0.3) is 23.0 Å². The van der Waals surface area contributed by atoms with Crippen LogP contribution >= 0.6 is 0 Å². The van der Waals surface area contributed by atoms with Crippen molar-refractivity contribution >= 4 is 0 Å². The zero-order valence-electron chi connectivity index (χ0n) is 18.2. The maximum absolute atomic E-state index is 13.8. The van der Waals surface area contributed by atoms with E-state index in [-0.39, 0.29) is 17.5 Å². The summed E-state index contributed by atoms with van der Waals surface area (Å²) in [5, 5.41) is 12.5. The third kappa shape index (κ3) is 3.72. The summed E-state index contributed by atoms with van der Waals surface area (Å²) in [7, 11) is 0. The Balaban J connectivity index is 1.54. The highest BCUT2D eigenvalue weighted by molar-refractivity contribution is 5.63. The van der Waals surface area contributed by atoms with Gasteiger partial charge in [0.2, 0.25) is 0 Å². The summed E-state index contributed by atoms with van der Waals surface area (Å²) in [6.45, 7) is -1.27. The summed E-state index contributed by atoms with van der Waals surface area (Å²) in [5.74, 6) is 0.335. The van der Waals surface area contributed by atoms with Crippen molar-refractivity contribution in [3.8, 4) is 28.7 Å². The summed E-state index contributed by atoms with van der Waals surface area (Å²) < 4.78 is 53.0. The Kier molecular flexibility index (Phi) is 4.87. The molecule has 1 aliphatic heterocycles. The molecule has 4 heterocycles. The minimum atomic E-state index is -2.98. The molecular weight excluding hydrogens is 463 g/mol. The summed E-state index contributed by atoms with van der Waals surface area (Å²) in [6, 6.07) is 10.8. The number of nitrogens with zero attached hydrogens (tertiary/aromatic N) is 7. The monoisotopic (exact) mass is 479 g/mol. The van der Waals surface area contributed by atoms with Crippen LogP contribution in [0.5, 0.6) is 5.75 Å². The number of benzene rings is 2. The van der Waals surface area contributed by atoms with Crippen LogP contribution in [0.2, 0.25) is 0 Å². The molecule has 0 amide bonds. The molecule has 6 rings (SSSR count). The molecule has 0 saturated heterocycles. The van der Waals surface area contributed by atoms with Gasteiger partial charge in [0.1, 0.15) is 17.9 Å². The van der Waals surface area contributed by atoms with E-state index in [2.05, 4.69) is 30.2 Å². The molecule has 0 radical (unpaired) electrons. The lowest BCUT2D eigenvalue weighted by Gasteiger charge is -2.12. The van der Waals surface area contributed by atoms with Crippen molar-refractivity contribution in [1.29, 1.82) is 0 Å². The maximum atomic E-state index is 13.8. The molecule has 0 bridgehead atoms. The van der Waals surface area contributed by atoms with Gasteiger partial charge in [0.15, 0.2) is 11.5 Å². The number of halogens is 3. The number of hydrogen-bond acceptors (Lipinski definition) is 7. The number of fused-ring (bicyclic) bond motifs is 5. The van der Waals surface area contributed by atoms with Crippen molar-refractivity contribution in [3.05, 3.63) is 83.1 Å². The molecule has 5 aromatic rings. The van der Waals surface area contributed by atoms with Crippen LogP contribution in [0.3, 0.4) is 0 Å². The summed E-state index contributed by atoms with van der Waals surface area (Å²) >= 11 is 0. The molecule has 9 nitrogen and oxygen atoms in total. The highest BCUT2D eigenvalue weighted by atomic mass is 19.3. The molecule has 0 spiro atoms. The fraction of sp³-hybridized carbons (Fsp3) is 0.174. The second kappa shape index (κ2) is 8.08. The Morgan fingerprint density at radius 3 is 2.77 bits per heavy atom. The van der Waals surface area contributed by atoms with E-state index < -0.39 is 6.61 Å². The maximum Gasteiger partial charge on any atom is 0.387 e. The smallest absolute Gasteiger partial charge is 0.387 e. The molecule has 176 valence electrons. The van der Waals surface area contributed by atoms with Gasteiger partial charge < -0.3 is 9.26 Å². The van der Waals surface area contributed by atoms with Crippen LogP contribution in [0.15, 0.2) is 53.3 Å². The summed E-state index contributed by atoms with van der Waals surface area (Å²) in [4.78, 5) is 8.79. The van der Waals surface area contributed by atoms with Crippen molar-refractivity contribution < 1.29 is 22.4 Å². The first-order valence-corrected chi connectivity index (χ1v) is 10.6. The van der Waals surface area contributed by atoms with E-state index in [1.54, 1.807) is 36.1 Å². The van der Waals surface area contributed by atoms with Crippen molar-refractivity contribution in [2.45, 2.75) is 26.4 Å². The molecule has 3 aromatic heterocycles. The van der Waals surface area contributed by atoms with Crippen LogP contribution < -0.4 is 4.74 Å². The van der Waals surface area contributed by atoms with E-state index in [1.165, 1.54) is 24.3 Å². The van der Waals surface area contributed by atoms with E-state index in [4.69, 9.17) is 4.52 Å². The lowest BCUT2D eigenvalue weighted by atomic mass is 10.1. The number of imidazole rings is 1. The molecule has 0 saturated carbocycles. The van der Waals surface area contributed by atoms with Gasteiger partial charge in [-0.2, -0.15) is 13.8 Å². The first kappa shape index (κ1) is 21.1. The summed E-state index contributed by atoms with van der Waals surface area (Å²) in [5.41, 5.74) is 4.30. The lowest BCUT2D eigenvalue weighted by Crippen LogP contribution is -2.07. The van der Waals surface area contributed by atoms with Gasteiger partial charge in [0.05, 0.1) is 28.5 Å². The normalized spacial score (nSPS) is 12.3. The van der Waals surface area contributed by atoms with Gasteiger partial charge in [0.25, 0.3) is 5.89 Å². The number of ether oxygens (including phenoxy) is 1. The fourth-order valence-corrected chi connectivity index (χ4v) is 4.21. The zero-order chi connectivity index (χ0) is 24.1. The largest absolute Gasteiger partial charge is 0.435 e. The molecule has 1 aliphatic rings. The predicted octanol–water partition coefficient (Wildman–Crippen LogP) is 4.05. The number of aryl methyl sites for hydroxylation is 1.